The minimum atomic E-state index is -0.590. The van der Waals surface area contributed by atoms with Crippen molar-refractivity contribution in [3.8, 4) is 11.5 Å². The Morgan fingerprint density at radius 2 is 1.54 bits per heavy atom. The first-order valence-electron chi connectivity index (χ1n) is 8.87. The Bertz CT molecular complexity index is 885. The van der Waals surface area contributed by atoms with Gasteiger partial charge in [-0.25, -0.2) is 0 Å². The van der Waals surface area contributed by atoms with Crippen LogP contribution in [0.1, 0.15) is 44.7 Å². The van der Waals surface area contributed by atoms with E-state index in [-0.39, 0.29) is 24.4 Å². The van der Waals surface area contributed by atoms with Gasteiger partial charge in [-0.3, -0.25) is 14.4 Å². The SMILES string of the molecule is COc1ccc(C(=O)COC(=O)CCC(=O)c2cc(C)ccc2C)cc1OC. The molecule has 6 nitrogen and oxygen atoms in total. The highest BCUT2D eigenvalue weighted by atomic mass is 16.5. The molecule has 0 radical (unpaired) electrons. The minimum absolute atomic E-state index is 0.0354. The van der Waals surface area contributed by atoms with Crippen LogP contribution in [-0.4, -0.2) is 38.4 Å². The van der Waals surface area contributed by atoms with Gasteiger partial charge in [-0.15, -0.1) is 0 Å². The Labute approximate surface area is 164 Å². The van der Waals surface area contributed by atoms with Gasteiger partial charge in [-0.2, -0.15) is 0 Å². The fourth-order valence-electron chi connectivity index (χ4n) is 2.70. The quantitative estimate of drug-likeness (QED) is 0.484. The van der Waals surface area contributed by atoms with Gasteiger partial charge in [0.1, 0.15) is 0 Å². The molecule has 148 valence electrons. The van der Waals surface area contributed by atoms with Crippen LogP contribution >= 0.6 is 0 Å². The first kappa shape index (κ1) is 21.2. The number of aryl methyl sites for hydroxylation is 2. The third kappa shape index (κ3) is 5.42. The van der Waals surface area contributed by atoms with E-state index in [2.05, 4.69) is 0 Å². The molecule has 0 unspecified atom stereocenters. The molecule has 0 saturated carbocycles. The monoisotopic (exact) mass is 384 g/mol. The van der Waals surface area contributed by atoms with E-state index in [1.54, 1.807) is 12.1 Å². The van der Waals surface area contributed by atoms with Gasteiger partial charge in [-0.05, 0) is 43.7 Å². The zero-order valence-electron chi connectivity index (χ0n) is 16.5. The van der Waals surface area contributed by atoms with E-state index in [1.165, 1.54) is 20.3 Å². The summed E-state index contributed by atoms with van der Waals surface area (Å²) in [5.41, 5.74) is 2.80. The second kappa shape index (κ2) is 9.69. The van der Waals surface area contributed by atoms with E-state index in [0.29, 0.717) is 22.6 Å². The summed E-state index contributed by atoms with van der Waals surface area (Å²) < 4.78 is 15.3. The lowest BCUT2D eigenvalue weighted by atomic mass is 9.99. The molecular formula is C22H24O6. The highest BCUT2D eigenvalue weighted by Crippen LogP contribution is 2.27. The Balaban J connectivity index is 1.87. The Hall–Kier alpha value is -3.15. The summed E-state index contributed by atoms with van der Waals surface area (Å²) in [5.74, 6) is -0.160. The molecule has 0 N–H and O–H groups in total. The molecule has 28 heavy (non-hydrogen) atoms. The fourth-order valence-corrected chi connectivity index (χ4v) is 2.70. The van der Waals surface area contributed by atoms with E-state index in [1.807, 2.05) is 32.0 Å². The average molecular weight is 384 g/mol. The summed E-state index contributed by atoms with van der Waals surface area (Å²) in [7, 11) is 2.97. The Morgan fingerprint density at radius 3 is 2.21 bits per heavy atom. The third-order valence-corrected chi connectivity index (χ3v) is 4.32. The zero-order valence-corrected chi connectivity index (χ0v) is 16.5. The molecule has 0 aliphatic heterocycles. The zero-order chi connectivity index (χ0) is 20.7. The van der Waals surface area contributed by atoms with Crippen LogP contribution in [0.15, 0.2) is 36.4 Å². The highest BCUT2D eigenvalue weighted by Gasteiger charge is 2.15. The lowest BCUT2D eigenvalue weighted by Crippen LogP contribution is -2.15. The van der Waals surface area contributed by atoms with Crippen LogP contribution < -0.4 is 9.47 Å². The van der Waals surface area contributed by atoms with Gasteiger partial charge in [0.25, 0.3) is 0 Å². The Morgan fingerprint density at radius 1 is 0.821 bits per heavy atom. The van der Waals surface area contributed by atoms with Crippen LogP contribution in [0.2, 0.25) is 0 Å². The summed E-state index contributed by atoms with van der Waals surface area (Å²) in [4.78, 5) is 36.4. The normalized spacial score (nSPS) is 10.3. The Kier molecular flexibility index (Phi) is 7.32. The van der Waals surface area contributed by atoms with Crippen LogP contribution in [0.3, 0.4) is 0 Å². The number of ether oxygens (including phenoxy) is 3. The number of benzene rings is 2. The largest absolute Gasteiger partial charge is 0.493 e. The predicted molar refractivity (Wildman–Crippen MR) is 104 cm³/mol. The lowest BCUT2D eigenvalue weighted by Gasteiger charge is -2.09. The molecule has 0 aliphatic rings. The topological polar surface area (TPSA) is 78.9 Å². The third-order valence-electron chi connectivity index (χ3n) is 4.32. The number of rotatable bonds is 9. The average Bonchev–Trinajstić information content (AvgIpc) is 2.71. The molecule has 0 amide bonds. The molecule has 0 aliphatic carbocycles. The molecule has 2 aromatic rings. The predicted octanol–water partition coefficient (Wildman–Crippen LogP) is 3.71. The van der Waals surface area contributed by atoms with E-state index < -0.39 is 12.6 Å². The molecule has 0 fully saturated rings. The van der Waals surface area contributed by atoms with E-state index >= 15 is 0 Å². The van der Waals surface area contributed by atoms with Gasteiger partial charge < -0.3 is 14.2 Å². The molecule has 2 aromatic carbocycles. The van der Waals surface area contributed by atoms with Gasteiger partial charge in [0, 0.05) is 17.5 Å². The van der Waals surface area contributed by atoms with Gasteiger partial charge in [0.05, 0.1) is 20.6 Å². The van der Waals surface area contributed by atoms with Crippen LogP contribution in [-0.2, 0) is 9.53 Å². The van der Waals surface area contributed by atoms with Crippen molar-refractivity contribution in [2.75, 3.05) is 20.8 Å². The summed E-state index contributed by atoms with van der Waals surface area (Å²) in [6.45, 7) is 3.36. The van der Waals surface area contributed by atoms with Crippen molar-refractivity contribution in [2.45, 2.75) is 26.7 Å². The number of carbonyl (C=O) groups excluding carboxylic acids is 3. The van der Waals surface area contributed by atoms with Crippen LogP contribution in [0.4, 0.5) is 0 Å². The molecule has 0 heterocycles. The maximum absolute atomic E-state index is 12.3. The molecule has 0 spiro atoms. The van der Waals surface area contributed by atoms with Crippen molar-refractivity contribution in [1.29, 1.82) is 0 Å². The summed E-state index contributed by atoms with van der Waals surface area (Å²) >= 11 is 0. The number of hydrogen-bond donors (Lipinski definition) is 0. The van der Waals surface area contributed by atoms with Crippen molar-refractivity contribution in [2.24, 2.45) is 0 Å². The molecule has 2 rings (SSSR count). The second-order valence-electron chi connectivity index (χ2n) is 6.40. The smallest absolute Gasteiger partial charge is 0.306 e. The van der Waals surface area contributed by atoms with Gasteiger partial charge in [0.2, 0.25) is 0 Å². The molecule has 0 atom stereocenters. The van der Waals surface area contributed by atoms with Crippen molar-refractivity contribution in [3.63, 3.8) is 0 Å². The number of methoxy groups -OCH3 is 2. The van der Waals surface area contributed by atoms with Crippen molar-refractivity contribution >= 4 is 17.5 Å². The van der Waals surface area contributed by atoms with E-state index in [9.17, 15) is 14.4 Å². The second-order valence-corrected chi connectivity index (χ2v) is 6.40. The molecule has 0 saturated heterocycles. The van der Waals surface area contributed by atoms with Gasteiger partial charge >= 0.3 is 5.97 Å². The van der Waals surface area contributed by atoms with Gasteiger partial charge in [0.15, 0.2) is 29.7 Å². The van der Waals surface area contributed by atoms with Crippen LogP contribution in [0.25, 0.3) is 0 Å². The molecular weight excluding hydrogens is 360 g/mol. The van der Waals surface area contributed by atoms with E-state index in [0.717, 1.165) is 11.1 Å². The maximum atomic E-state index is 12.3. The highest BCUT2D eigenvalue weighted by molar-refractivity contribution is 6.00. The number of ketones is 2. The minimum Gasteiger partial charge on any atom is -0.493 e. The molecule has 0 bridgehead atoms. The first-order valence-corrected chi connectivity index (χ1v) is 8.87. The van der Waals surface area contributed by atoms with Crippen molar-refractivity contribution in [1.82, 2.24) is 0 Å². The summed E-state index contributed by atoms with van der Waals surface area (Å²) in [5, 5.41) is 0. The van der Waals surface area contributed by atoms with Crippen LogP contribution in [0, 0.1) is 13.8 Å². The summed E-state index contributed by atoms with van der Waals surface area (Å²) in [6, 6.07) is 10.3. The summed E-state index contributed by atoms with van der Waals surface area (Å²) in [6.07, 6.45) is -0.0426. The number of Topliss-reactive ketones (excluding diaryl/α,β-unsaturated/α-hetero) is 2. The van der Waals surface area contributed by atoms with Crippen LogP contribution in [0.5, 0.6) is 11.5 Å². The molecule has 6 heteroatoms. The van der Waals surface area contributed by atoms with Crippen molar-refractivity contribution in [3.05, 3.63) is 58.7 Å². The molecule has 0 aromatic heterocycles. The maximum Gasteiger partial charge on any atom is 0.306 e. The van der Waals surface area contributed by atoms with Gasteiger partial charge in [-0.1, -0.05) is 17.7 Å². The number of hydrogen-bond acceptors (Lipinski definition) is 6. The lowest BCUT2D eigenvalue weighted by molar-refractivity contribution is -0.142. The number of esters is 1. The number of carbonyl (C=O) groups is 3. The van der Waals surface area contributed by atoms with E-state index in [4.69, 9.17) is 14.2 Å². The fraction of sp³-hybridized carbons (Fsp3) is 0.318. The first-order chi connectivity index (χ1) is 13.3. The standard InChI is InChI=1S/C22H24O6/c1-14-5-6-15(2)17(11-14)18(23)8-10-22(25)28-13-19(24)16-7-9-20(26-3)21(12-16)27-4/h5-7,9,11-12H,8,10,13H2,1-4H3. The van der Waals surface area contributed by atoms with Crippen molar-refractivity contribution < 1.29 is 28.6 Å².